The zero-order valence-electron chi connectivity index (χ0n) is 13.1. The highest BCUT2D eigenvalue weighted by atomic mass is 16.2. The molecule has 0 aromatic carbocycles. The van der Waals surface area contributed by atoms with Crippen molar-refractivity contribution in [3.8, 4) is 0 Å². The highest BCUT2D eigenvalue weighted by molar-refractivity contribution is 5.95. The molecule has 124 valence electrons. The fourth-order valence-corrected chi connectivity index (χ4v) is 2.87. The van der Waals surface area contributed by atoms with Gasteiger partial charge in [-0.05, 0) is 40.3 Å². The zero-order valence-corrected chi connectivity index (χ0v) is 13.1. The Balaban J connectivity index is 1.74. The van der Waals surface area contributed by atoms with E-state index in [-0.39, 0.29) is 5.91 Å². The van der Waals surface area contributed by atoms with Gasteiger partial charge in [0.05, 0.1) is 17.9 Å². The summed E-state index contributed by atoms with van der Waals surface area (Å²) in [5, 5.41) is 17.5. The number of hydrogen-bond donors (Lipinski definition) is 2. The maximum atomic E-state index is 13.0. The van der Waals surface area contributed by atoms with E-state index in [1.807, 2.05) is 12.1 Å². The maximum Gasteiger partial charge on any atom is 0.247 e. The molecule has 25 heavy (non-hydrogen) atoms. The van der Waals surface area contributed by atoms with Crippen molar-refractivity contribution < 1.29 is 4.79 Å². The summed E-state index contributed by atoms with van der Waals surface area (Å²) in [6.45, 7) is 4.00. The Bertz CT molecular complexity index is 908. The lowest BCUT2D eigenvalue weighted by Crippen LogP contribution is -2.39. The Kier molecular flexibility index (Phi) is 3.65. The molecule has 0 fully saturated rings. The topological polar surface area (TPSA) is 111 Å². The van der Waals surface area contributed by atoms with Crippen molar-refractivity contribution in [2.75, 3.05) is 10.6 Å². The lowest BCUT2D eigenvalue weighted by molar-refractivity contribution is -0.119. The largest absolute Gasteiger partial charge is 0.326 e. The Morgan fingerprint density at radius 3 is 2.80 bits per heavy atom. The van der Waals surface area contributed by atoms with Crippen LogP contribution in [-0.4, -0.2) is 36.1 Å². The van der Waals surface area contributed by atoms with Gasteiger partial charge in [-0.2, -0.15) is 0 Å². The number of carbonyl (C=O) groups excluding carboxylic acids is 1. The molecule has 4 rings (SSSR count). The van der Waals surface area contributed by atoms with E-state index in [2.05, 4.69) is 42.7 Å². The van der Waals surface area contributed by atoms with Crippen LogP contribution in [0.2, 0.25) is 0 Å². The van der Waals surface area contributed by atoms with Gasteiger partial charge in [-0.25, -0.2) is 4.68 Å². The SMILES string of the molecule is C=C1Nc2nnnn2C(c2ccncc2)C1C(=O)Nc1cccnc1. The summed E-state index contributed by atoms with van der Waals surface area (Å²) in [5.41, 5.74) is 1.99. The number of rotatable bonds is 3. The van der Waals surface area contributed by atoms with E-state index < -0.39 is 12.0 Å². The van der Waals surface area contributed by atoms with Crippen LogP contribution in [-0.2, 0) is 4.79 Å². The molecule has 1 aliphatic rings. The van der Waals surface area contributed by atoms with Gasteiger partial charge in [-0.15, -0.1) is 0 Å². The molecule has 0 aliphatic carbocycles. The Hall–Kier alpha value is -3.62. The average molecular weight is 334 g/mol. The highest BCUT2D eigenvalue weighted by Gasteiger charge is 2.40. The van der Waals surface area contributed by atoms with Crippen LogP contribution in [0.25, 0.3) is 0 Å². The van der Waals surface area contributed by atoms with Crippen LogP contribution in [0.4, 0.5) is 11.6 Å². The number of anilines is 2. The van der Waals surface area contributed by atoms with Crippen molar-refractivity contribution >= 4 is 17.5 Å². The van der Waals surface area contributed by atoms with Gasteiger partial charge in [-0.1, -0.05) is 11.7 Å². The van der Waals surface area contributed by atoms with Gasteiger partial charge in [0.1, 0.15) is 5.92 Å². The molecule has 0 saturated heterocycles. The normalized spacial score (nSPS) is 19.0. The van der Waals surface area contributed by atoms with E-state index in [0.717, 1.165) is 5.56 Å². The third-order valence-corrected chi connectivity index (χ3v) is 3.98. The number of fused-ring (bicyclic) bond motifs is 1. The number of carbonyl (C=O) groups is 1. The Morgan fingerprint density at radius 2 is 2.04 bits per heavy atom. The van der Waals surface area contributed by atoms with E-state index in [4.69, 9.17) is 0 Å². The second-order valence-electron chi connectivity index (χ2n) is 5.53. The molecule has 0 radical (unpaired) electrons. The molecule has 0 bridgehead atoms. The molecular formula is C16H14N8O. The molecular weight excluding hydrogens is 320 g/mol. The standard InChI is InChI=1S/C16H14N8O/c1-10-13(15(25)20-12-3-2-6-18-9-12)14(11-4-7-17-8-5-11)24-16(19-10)21-22-23-24/h2-9,13-14H,1H2,(H,20,25)(H,19,21,23). The first-order valence-electron chi connectivity index (χ1n) is 7.58. The first-order valence-corrected chi connectivity index (χ1v) is 7.58. The predicted molar refractivity (Wildman–Crippen MR) is 89.3 cm³/mol. The highest BCUT2D eigenvalue weighted by Crippen LogP contribution is 2.37. The number of pyridine rings is 2. The average Bonchev–Trinajstić information content (AvgIpc) is 3.10. The van der Waals surface area contributed by atoms with Crippen LogP contribution < -0.4 is 10.6 Å². The third-order valence-electron chi connectivity index (χ3n) is 3.98. The van der Waals surface area contributed by atoms with Gasteiger partial charge in [0.25, 0.3) is 0 Å². The minimum atomic E-state index is -0.612. The molecule has 9 nitrogen and oxygen atoms in total. The van der Waals surface area contributed by atoms with Crippen LogP contribution in [0.3, 0.4) is 0 Å². The third kappa shape index (κ3) is 2.71. The molecule has 4 heterocycles. The molecule has 2 atom stereocenters. The van der Waals surface area contributed by atoms with Crippen LogP contribution in [0, 0.1) is 5.92 Å². The summed E-state index contributed by atoms with van der Waals surface area (Å²) in [6.07, 6.45) is 6.56. The lowest BCUT2D eigenvalue weighted by Gasteiger charge is -2.32. The number of aromatic nitrogens is 6. The maximum absolute atomic E-state index is 13.0. The van der Waals surface area contributed by atoms with Crippen molar-refractivity contribution in [2.45, 2.75) is 6.04 Å². The van der Waals surface area contributed by atoms with Crippen molar-refractivity contribution in [2.24, 2.45) is 5.92 Å². The second kappa shape index (κ2) is 6.11. The summed E-state index contributed by atoms with van der Waals surface area (Å²) in [7, 11) is 0. The van der Waals surface area contributed by atoms with E-state index in [0.29, 0.717) is 17.3 Å². The fraction of sp³-hybridized carbons (Fsp3) is 0.125. The monoisotopic (exact) mass is 334 g/mol. The van der Waals surface area contributed by atoms with Crippen molar-refractivity contribution in [3.05, 3.63) is 66.9 Å². The van der Waals surface area contributed by atoms with Crippen molar-refractivity contribution in [1.29, 1.82) is 0 Å². The summed E-state index contributed by atoms with van der Waals surface area (Å²) in [5.74, 6) is -0.399. The smallest absolute Gasteiger partial charge is 0.247 e. The van der Waals surface area contributed by atoms with Gasteiger partial charge in [0, 0.05) is 24.3 Å². The molecule has 3 aromatic rings. The molecule has 2 N–H and O–H groups in total. The molecule has 0 saturated carbocycles. The van der Waals surface area contributed by atoms with Gasteiger partial charge in [0.2, 0.25) is 11.9 Å². The Labute approximate surface area is 142 Å². The van der Waals surface area contributed by atoms with Crippen LogP contribution >= 0.6 is 0 Å². The van der Waals surface area contributed by atoms with Crippen molar-refractivity contribution in [1.82, 2.24) is 30.2 Å². The van der Waals surface area contributed by atoms with E-state index in [9.17, 15) is 4.79 Å². The van der Waals surface area contributed by atoms with Crippen molar-refractivity contribution in [3.63, 3.8) is 0 Å². The number of nitrogens with one attached hydrogen (secondary N) is 2. The van der Waals surface area contributed by atoms with Crippen LogP contribution in [0.15, 0.2) is 61.3 Å². The van der Waals surface area contributed by atoms with Crippen LogP contribution in [0.5, 0.6) is 0 Å². The van der Waals surface area contributed by atoms with Gasteiger partial charge < -0.3 is 10.6 Å². The molecule has 1 amide bonds. The number of hydrogen-bond acceptors (Lipinski definition) is 7. The predicted octanol–water partition coefficient (Wildman–Crippen LogP) is 1.25. The summed E-state index contributed by atoms with van der Waals surface area (Å²) < 4.78 is 1.58. The zero-order chi connectivity index (χ0) is 17.2. The van der Waals surface area contributed by atoms with E-state index >= 15 is 0 Å². The quantitative estimate of drug-likeness (QED) is 0.741. The van der Waals surface area contributed by atoms with Gasteiger partial charge in [0.15, 0.2) is 0 Å². The minimum absolute atomic E-state index is 0.228. The molecule has 3 aromatic heterocycles. The second-order valence-corrected chi connectivity index (χ2v) is 5.53. The number of tetrazole rings is 1. The minimum Gasteiger partial charge on any atom is -0.326 e. The fourth-order valence-electron chi connectivity index (χ4n) is 2.87. The number of nitrogens with zero attached hydrogens (tertiary/aromatic N) is 6. The summed E-state index contributed by atoms with van der Waals surface area (Å²) >= 11 is 0. The van der Waals surface area contributed by atoms with Gasteiger partial charge >= 0.3 is 0 Å². The molecule has 0 spiro atoms. The number of amides is 1. The van der Waals surface area contributed by atoms with E-state index in [1.54, 1.807) is 41.6 Å². The first-order chi connectivity index (χ1) is 12.2. The molecule has 9 heteroatoms. The van der Waals surface area contributed by atoms with Gasteiger partial charge in [-0.3, -0.25) is 14.8 Å². The van der Waals surface area contributed by atoms with Crippen LogP contribution in [0.1, 0.15) is 11.6 Å². The first kappa shape index (κ1) is 14.9. The lowest BCUT2D eigenvalue weighted by atomic mass is 9.89. The molecule has 2 unspecified atom stereocenters. The van der Waals surface area contributed by atoms with E-state index in [1.165, 1.54) is 0 Å². The summed E-state index contributed by atoms with van der Waals surface area (Å²) in [6, 6.07) is 6.76. The summed E-state index contributed by atoms with van der Waals surface area (Å²) in [4.78, 5) is 21.0. The molecule has 1 aliphatic heterocycles. The Morgan fingerprint density at radius 1 is 1.20 bits per heavy atom.